The van der Waals surface area contributed by atoms with Crippen molar-refractivity contribution in [1.29, 1.82) is 0 Å². The van der Waals surface area contributed by atoms with E-state index in [0.717, 1.165) is 22.5 Å². The quantitative estimate of drug-likeness (QED) is 0.322. The first-order chi connectivity index (χ1) is 19.3. The molecule has 40 heavy (non-hydrogen) atoms. The molecule has 2 aromatic heterocycles. The third kappa shape index (κ3) is 4.66. The summed E-state index contributed by atoms with van der Waals surface area (Å²) in [5, 5.41) is 0. The summed E-state index contributed by atoms with van der Waals surface area (Å²) < 4.78 is 20.8. The van der Waals surface area contributed by atoms with E-state index in [1.807, 2.05) is 63.4 Å². The zero-order valence-electron chi connectivity index (χ0n) is 23.3. The number of aryl methyl sites for hydroxylation is 1. The number of thiazole rings is 1. The number of esters is 1. The maximum Gasteiger partial charge on any atom is 0.338 e. The number of hydrogen-bond donors (Lipinski definition) is 0. The summed E-state index contributed by atoms with van der Waals surface area (Å²) in [6, 6.07) is 16.1. The summed E-state index contributed by atoms with van der Waals surface area (Å²) in [6.07, 6.45) is 1.90. The SMILES string of the molecule is CCOC(=O)C1=C(c2ccccc2)N=c2s/c(=C/c3cc(C)n(C)c3C)c(=O)n2[C@@H]1c1ccc(OC)c(OC)c1. The molecular weight excluding hydrogens is 526 g/mol. The monoisotopic (exact) mass is 557 g/mol. The van der Waals surface area contributed by atoms with Crippen molar-refractivity contribution in [3.63, 3.8) is 0 Å². The van der Waals surface area contributed by atoms with Crippen molar-refractivity contribution in [2.24, 2.45) is 12.0 Å². The van der Waals surface area contributed by atoms with Crippen LogP contribution in [0.4, 0.5) is 0 Å². The van der Waals surface area contributed by atoms with Crippen LogP contribution in [0, 0.1) is 13.8 Å². The number of carbonyl (C=O) groups excluding carboxylic acids is 1. The van der Waals surface area contributed by atoms with Crippen LogP contribution in [0.25, 0.3) is 11.8 Å². The van der Waals surface area contributed by atoms with Crippen molar-refractivity contribution in [2.45, 2.75) is 26.8 Å². The van der Waals surface area contributed by atoms with E-state index in [0.29, 0.717) is 32.1 Å². The molecule has 8 nitrogen and oxygen atoms in total. The molecule has 4 aromatic rings. The minimum absolute atomic E-state index is 0.181. The lowest BCUT2D eigenvalue weighted by molar-refractivity contribution is -0.138. The second-order valence-electron chi connectivity index (χ2n) is 9.43. The Morgan fingerprint density at radius 3 is 2.40 bits per heavy atom. The second kappa shape index (κ2) is 11.0. The van der Waals surface area contributed by atoms with Crippen LogP contribution in [0.15, 0.2) is 70.0 Å². The average molecular weight is 558 g/mol. The van der Waals surface area contributed by atoms with Gasteiger partial charge in [-0.05, 0) is 56.2 Å². The summed E-state index contributed by atoms with van der Waals surface area (Å²) in [6.45, 7) is 5.99. The molecule has 9 heteroatoms. The number of rotatable bonds is 7. The Labute approximate surface area is 236 Å². The van der Waals surface area contributed by atoms with Gasteiger partial charge >= 0.3 is 5.97 Å². The number of aromatic nitrogens is 2. The number of benzene rings is 2. The first kappa shape index (κ1) is 27.2. The molecule has 0 amide bonds. The van der Waals surface area contributed by atoms with Gasteiger partial charge in [-0.15, -0.1) is 0 Å². The molecule has 1 aliphatic heterocycles. The van der Waals surface area contributed by atoms with E-state index in [2.05, 4.69) is 10.6 Å². The maximum absolute atomic E-state index is 14.1. The molecule has 0 bridgehead atoms. The van der Waals surface area contributed by atoms with Crippen molar-refractivity contribution in [1.82, 2.24) is 9.13 Å². The van der Waals surface area contributed by atoms with Crippen LogP contribution < -0.4 is 24.4 Å². The molecule has 0 unspecified atom stereocenters. The summed E-state index contributed by atoms with van der Waals surface area (Å²) in [7, 11) is 5.11. The van der Waals surface area contributed by atoms with Gasteiger partial charge in [-0.3, -0.25) is 9.36 Å². The Bertz CT molecular complexity index is 1810. The highest BCUT2D eigenvalue weighted by atomic mass is 32.1. The highest BCUT2D eigenvalue weighted by Gasteiger charge is 2.35. The van der Waals surface area contributed by atoms with Gasteiger partial charge in [-0.25, -0.2) is 9.79 Å². The molecule has 0 saturated heterocycles. The van der Waals surface area contributed by atoms with Crippen LogP contribution >= 0.6 is 11.3 Å². The largest absolute Gasteiger partial charge is 0.493 e. The smallest absolute Gasteiger partial charge is 0.338 e. The Kier molecular flexibility index (Phi) is 7.49. The zero-order chi connectivity index (χ0) is 28.6. The topological polar surface area (TPSA) is 84.1 Å². The van der Waals surface area contributed by atoms with E-state index in [4.69, 9.17) is 19.2 Å². The van der Waals surface area contributed by atoms with E-state index in [1.54, 1.807) is 37.8 Å². The van der Waals surface area contributed by atoms with Crippen molar-refractivity contribution in [2.75, 3.05) is 20.8 Å². The number of hydrogen-bond acceptors (Lipinski definition) is 7. The molecular formula is C31H31N3O5S. The van der Waals surface area contributed by atoms with Crippen molar-refractivity contribution >= 4 is 29.1 Å². The van der Waals surface area contributed by atoms with Crippen LogP contribution in [0.3, 0.4) is 0 Å². The Hall–Kier alpha value is -4.37. The lowest BCUT2D eigenvalue weighted by atomic mass is 9.93. The second-order valence-corrected chi connectivity index (χ2v) is 10.4. The molecule has 2 aromatic carbocycles. The zero-order valence-corrected chi connectivity index (χ0v) is 24.2. The number of nitrogens with zero attached hydrogens (tertiary/aromatic N) is 3. The van der Waals surface area contributed by atoms with Gasteiger partial charge in [0.25, 0.3) is 5.56 Å². The highest BCUT2D eigenvalue weighted by molar-refractivity contribution is 7.07. The van der Waals surface area contributed by atoms with E-state index in [9.17, 15) is 9.59 Å². The normalized spacial score (nSPS) is 15.1. The van der Waals surface area contributed by atoms with Gasteiger partial charge in [0.05, 0.1) is 42.7 Å². The van der Waals surface area contributed by atoms with Crippen LogP contribution in [-0.4, -0.2) is 35.9 Å². The molecule has 0 saturated carbocycles. The van der Waals surface area contributed by atoms with Crippen molar-refractivity contribution in [3.8, 4) is 11.5 Å². The van der Waals surface area contributed by atoms with Gasteiger partial charge in [0.2, 0.25) is 0 Å². The first-order valence-corrected chi connectivity index (χ1v) is 13.7. The van der Waals surface area contributed by atoms with Gasteiger partial charge in [-0.2, -0.15) is 0 Å². The van der Waals surface area contributed by atoms with E-state index >= 15 is 0 Å². The maximum atomic E-state index is 14.1. The summed E-state index contributed by atoms with van der Waals surface area (Å²) in [5.41, 5.74) is 5.04. The Morgan fingerprint density at radius 1 is 1.05 bits per heavy atom. The predicted octanol–water partition coefficient (Wildman–Crippen LogP) is 3.91. The first-order valence-electron chi connectivity index (χ1n) is 12.9. The van der Waals surface area contributed by atoms with Crippen molar-refractivity contribution in [3.05, 3.63) is 108 Å². The minimum atomic E-state index is -0.800. The number of carbonyl (C=O) groups is 1. The van der Waals surface area contributed by atoms with Gasteiger partial charge in [-0.1, -0.05) is 47.7 Å². The predicted molar refractivity (Wildman–Crippen MR) is 155 cm³/mol. The molecule has 206 valence electrons. The third-order valence-corrected chi connectivity index (χ3v) is 8.18. The number of methoxy groups -OCH3 is 2. The minimum Gasteiger partial charge on any atom is -0.493 e. The molecule has 1 atom stereocenters. The van der Waals surface area contributed by atoms with Crippen LogP contribution in [0.2, 0.25) is 0 Å². The highest BCUT2D eigenvalue weighted by Crippen LogP contribution is 2.38. The van der Waals surface area contributed by atoms with E-state index in [1.165, 1.54) is 11.3 Å². The van der Waals surface area contributed by atoms with Gasteiger partial charge in [0, 0.05) is 24.0 Å². The number of fused-ring (bicyclic) bond motifs is 1. The van der Waals surface area contributed by atoms with Crippen LogP contribution in [-0.2, 0) is 16.6 Å². The number of ether oxygens (including phenoxy) is 3. The molecule has 0 radical (unpaired) electrons. The fourth-order valence-electron chi connectivity index (χ4n) is 4.95. The molecule has 5 rings (SSSR count). The third-order valence-electron chi connectivity index (χ3n) is 7.20. The summed E-state index contributed by atoms with van der Waals surface area (Å²) in [4.78, 5) is 33.1. The summed E-state index contributed by atoms with van der Waals surface area (Å²) >= 11 is 1.30. The Balaban J connectivity index is 1.86. The molecule has 0 N–H and O–H groups in total. The molecule has 0 spiro atoms. The standard InChI is InChI=1S/C31H31N3O5S/c1-7-39-30(36)26-27(20-11-9-8-10-12-20)32-31-34(28(26)21-13-14-23(37-5)24(16-21)38-6)29(35)25(40-31)17-22-15-18(2)33(4)19(22)3/h8-17,28H,7H2,1-6H3/b25-17+/t28-/m1/s1. The lowest BCUT2D eigenvalue weighted by Gasteiger charge is -2.26. The fraction of sp³-hybridized carbons (Fsp3) is 0.258. The van der Waals surface area contributed by atoms with Crippen LogP contribution in [0.5, 0.6) is 11.5 Å². The van der Waals surface area contributed by atoms with E-state index < -0.39 is 12.0 Å². The Morgan fingerprint density at radius 2 is 1.77 bits per heavy atom. The average Bonchev–Trinajstić information content (AvgIpc) is 3.41. The summed E-state index contributed by atoms with van der Waals surface area (Å²) in [5.74, 6) is 0.492. The van der Waals surface area contributed by atoms with Gasteiger partial charge in [0.15, 0.2) is 16.3 Å². The van der Waals surface area contributed by atoms with Gasteiger partial charge in [0.1, 0.15) is 0 Å². The molecule has 1 aliphatic rings. The van der Waals surface area contributed by atoms with E-state index in [-0.39, 0.29) is 17.7 Å². The van der Waals surface area contributed by atoms with Gasteiger partial charge < -0.3 is 18.8 Å². The lowest BCUT2D eigenvalue weighted by Crippen LogP contribution is -2.40. The molecule has 0 aliphatic carbocycles. The van der Waals surface area contributed by atoms with Crippen molar-refractivity contribution < 1.29 is 19.0 Å². The fourth-order valence-corrected chi connectivity index (χ4v) is 5.94. The molecule has 0 fully saturated rings. The molecule has 3 heterocycles. The van der Waals surface area contributed by atoms with Crippen LogP contribution in [0.1, 0.15) is 41.0 Å².